The smallest absolute Gasteiger partial charge is 0.337 e. The Kier molecular flexibility index (Phi) is 3.55. The van der Waals surface area contributed by atoms with Crippen molar-refractivity contribution in [2.75, 3.05) is 19.1 Å². The van der Waals surface area contributed by atoms with E-state index in [1.165, 1.54) is 12.0 Å². The molecule has 3 aliphatic rings. The summed E-state index contributed by atoms with van der Waals surface area (Å²) >= 11 is 0. The Bertz CT molecular complexity index is 671. The van der Waals surface area contributed by atoms with Gasteiger partial charge in [-0.15, -0.1) is 0 Å². The second-order valence-electron chi connectivity index (χ2n) is 6.89. The van der Waals surface area contributed by atoms with Crippen LogP contribution in [-0.2, 0) is 14.3 Å². The van der Waals surface area contributed by atoms with Crippen LogP contribution < -0.4 is 5.32 Å². The number of nitrogens with one attached hydrogen (secondary N) is 1. The first kappa shape index (κ1) is 15.2. The topological polar surface area (TPSA) is 75.7 Å². The molecule has 1 heterocycles. The molecule has 0 spiro atoms. The summed E-state index contributed by atoms with van der Waals surface area (Å²) in [6.45, 7) is 0.182. The number of anilines is 1. The fraction of sp³-hybridized carbons (Fsp3) is 0.500. The Hall–Kier alpha value is -2.37. The minimum absolute atomic E-state index is 0.0177. The molecule has 0 radical (unpaired) electrons. The maximum absolute atomic E-state index is 12.6. The van der Waals surface area contributed by atoms with Gasteiger partial charge in [-0.05, 0) is 55.4 Å². The molecule has 126 valence electrons. The van der Waals surface area contributed by atoms with Crippen LogP contribution in [0.2, 0.25) is 0 Å². The number of fused-ring (bicyclic) bond motifs is 5. The molecular weight excluding hydrogens is 308 g/mol. The number of esters is 1. The van der Waals surface area contributed by atoms with Gasteiger partial charge in [0.25, 0.3) is 0 Å². The van der Waals surface area contributed by atoms with Crippen LogP contribution in [0.15, 0.2) is 24.3 Å². The van der Waals surface area contributed by atoms with Gasteiger partial charge in [0, 0.05) is 5.69 Å². The summed E-state index contributed by atoms with van der Waals surface area (Å²) in [4.78, 5) is 38.0. The van der Waals surface area contributed by atoms with Crippen LogP contribution in [0.4, 0.5) is 5.69 Å². The third-order valence-electron chi connectivity index (χ3n) is 5.77. The van der Waals surface area contributed by atoms with E-state index in [2.05, 4.69) is 10.1 Å². The Morgan fingerprint density at radius 2 is 1.71 bits per heavy atom. The molecule has 2 aliphatic carbocycles. The lowest BCUT2D eigenvalue weighted by Gasteiger charge is -2.19. The van der Waals surface area contributed by atoms with E-state index in [1.54, 1.807) is 24.3 Å². The van der Waals surface area contributed by atoms with E-state index < -0.39 is 5.97 Å². The number of nitrogens with zero attached hydrogens (tertiary/aromatic N) is 1. The summed E-state index contributed by atoms with van der Waals surface area (Å²) < 4.78 is 4.66. The zero-order chi connectivity index (χ0) is 16.8. The minimum atomic E-state index is -0.394. The lowest BCUT2D eigenvalue weighted by atomic mass is 9.81. The second-order valence-corrected chi connectivity index (χ2v) is 6.89. The minimum Gasteiger partial charge on any atom is -0.465 e. The third-order valence-corrected chi connectivity index (χ3v) is 5.77. The highest BCUT2D eigenvalue weighted by molar-refractivity contribution is 6.06. The fourth-order valence-corrected chi connectivity index (χ4v) is 4.64. The number of ether oxygens (including phenoxy) is 1. The summed E-state index contributed by atoms with van der Waals surface area (Å²) in [7, 11) is 1.34. The van der Waals surface area contributed by atoms with Crippen molar-refractivity contribution in [1.29, 1.82) is 0 Å². The fourth-order valence-electron chi connectivity index (χ4n) is 4.64. The van der Waals surface area contributed by atoms with Crippen molar-refractivity contribution in [1.82, 2.24) is 4.90 Å². The Morgan fingerprint density at radius 1 is 1.12 bits per heavy atom. The van der Waals surface area contributed by atoms with E-state index in [0.717, 1.165) is 24.9 Å². The van der Waals surface area contributed by atoms with E-state index in [1.807, 2.05) is 0 Å². The van der Waals surface area contributed by atoms with Gasteiger partial charge in [-0.3, -0.25) is 14.5 Å². The maximum atomic E-state index is 12.6. The predicted molar refractivity (Wildman–Crippen MR) is 85.9 cm³/mol. The van der Waals surface area contributed by atoms with Crippen LogP contribution in [0.5, 0.6) is 0 Å². The van der Waals surface area contributed by atoms with Crippen LogP contribution >= 0.6 is 0 Å². The van der Waals surface area contributed by atoms with Crippen LogP contribution in [0.1, 0.15) is 29.6 Å². The highest BCUT2D eigenvalue weighted by Gasteiger charge is 2.60. The number of carbonyl (C=O) groups excluding carboxylic acids is 3. The van der Waals surface area contributed by atoms with E-state index in [0.29, 0.717) is 17.4 Å². The molecule has 0 aromatic heterocycles. The molecule has 6 nitrogen and oxygen atoms in total. The average Bonchev–Trinajstić information content (AvgIpc) is 3.28. The molecule has 3 fully saturated rings. The van der Waals surface area contributed by atoms with Crippen molar-refractivity contribution in [2.24, 2.45) is 23.7 Å². The van der Waals surface area contributed by atoms with Crippen molar-refractivity contribution in [3.8, 4) is 0 Å². The van der Waals surface area contributed by atoms with E-state index in [4.69, 9.17) is 0 Å². The van der Waals surface area contributed by atoms with Gasteiger partial charge in [-0.1, -0.05) is 0 Å². The quantitative estimate of drug-likeness (QED) is 0.674. The number of rotatable bonds is 4. The molecule has 24 heavy (non-hydrogen) atoms. The molecule has 2 saturated carbocycles. The maximum Gasteiger partial charge on any atom is 0.337 e. The normalized spacial score (nSPS) is 30.6. The van der Waals surface area contributed by atoms with Crippen molar-refractivity contribution >= 4 is 23.5 Å². The number of methoxy groups -OCH3 is 1. The standard InChI is InChI=1S/C18H20N2O4/c1-24-18(23)10-4-6-13(7-5-10)19-9-20-16(21)14-11-2-3-12(8-11)15(14)17(20)22/h4-7,11-12,14-15,19H,2-3,8-9H2,1H3/t11-,12-,14+,15+/m0/s1. The number of hydrogen-bond acceptors (Lipinski definition) is 5. The Labute approximate surface area is 140 Å². The lowest BCUT2D eigenvalue weighted by Crippen LogP contribution is -2.36. The molecule has 1 aromatic carbocycles. The van der Waals surface area contributed by atoms with Gasteiger partial charge < -0.3 is 10.1 Å². The number of hydrogen-bond donors (Lipinski definition) is 1. The van der Waals surface area contributed by atoms with Gasteiger partial charge in [-0.25, -0.2) is 4.79 Å². The van der Waals surface area contributed by atoms with Crippen molar-refractivity contribution in [3.63, 3.8) is 0 Å². The Balaban J connectivity index is 1.42. The average molecular weight is 328 g/mol. The summed E-state index contributed by atoms with van der Waals surface area (Å²) in [6, 6.07) is 6.77. The van der Waals surface area contributed by atoms with Gasteiger partial charge in [0.15, 0.2) is 0 Å². The number of likely N-dealkylation sites (tertiary alicyclic amines) is 1. The zero-order valence-corrected chi connectivity index (χ0v) is 13.5. The van der Waals surface area contributed by atoms with E-state index in [-0.39, 0.29) is 30.3 Å². The first-order chi connectivity index (χ1) is 11.6. The molecule has 1 aromatic rings. The number of imide groups is 1. The molecule has 1 aliphatic heterocycles. The molecule has 2 amide bonds. The zero-order valence-electron chi connectivity index (χ0n) is 13.5. The third kappa shape index (κ3) is 2.20. The van der Waals surface area contributed by atoms with Gasteiger partial charge in [0.2, 0.25) is 11.8 Å². The monoisotopic (exact) mass is 328 g/mol. The lowest BCUT2D eigenvalue weighted by molar-refractivity contribution is -0.140. The highest BCUT2D eigenvalue weighted by atomic mass is 16.5. The van der Waals surface area contributed by atoms with Gasteiger partial charge in [0.1, 0.15) is 0 Å². The van der Waals surface area contributed by atoms with Crippen molar-refractivity contribution < 1.29 is 19.1 Å². The number of benzene rings is 1. The van der Waals surface area contributed by atoms with E-state index >= 15 is 0 Å². The summed E-state index contributed by atoms with van der Waals surface area (Å²) in [5.41, 5.74) is 1.21. The molecule has 6 heteroatoms. The first-order valence-electron chi connectivity index (χ1n) is 8.37. The molecule has 4 rings (SSSR count). The van der Waals surface area contributed by atoms with Crippen molar-refractivity contribution in [3.05, 3.63) is 29.8 Å². The van der Waals surface area contributed by atoms with Crippen LogP contribution in [0.3, 0.4) is 0 Å². The number of amides is 2. The summed E-state index contributed by atoms with van der Waals surface area (Å²) in [6.07, 6.45) is 3.21. The molecule has 1 N–H and O–H groups in total. The van der Waals surface area contributed by atoms with Gasteiger partial charge in [-0.2, -0.15) is 0 Å². The first-order valence-corrected chi connectivity index (χ1v) is 8.37. The molecule has 4 atom stereocenters. The molecule has 2 bridgehead atoms. The summed E-state index contributed by atoms with van der Waals surface area (Å²) in [5, 5.41) is 3.10. The van der Waals surface area contributed by atoms with Crippen LogP contribution in [-0.4, -0.2) is 36.5 Å². The summed E-state index contributed by atoms with van der Waals surface area (Å²) in [5.74, 6) is 0.211. The predicted octanol–water partition coefficient (Wildman–Crippen LogP) is 1.87. The SMILES string of the molecule is COC(=O)c1ccc(NCN2C(=O)[C@@H]3[C@H]4CC[C@@H](C4)[C@H]3C2=O)cc1. The van der Waals surface area contributed by atoms with Crippen molar-refractivity contribution in [2.45, 2.75) is 19.3 Å². The van der Waals surface area contributed by atoms with Gasteiger partial charge in [0.05, 0.1) is 31.2 Å². The second kappa shape index (κ2) is 5.61. The highest BCUT2D eigenvalue weighted by Crippen LogP contribution is 2.55. The molecule has 1 saturated heterocycles. The largest absolute Gasteiger partial charge is 0.465 e. The Morgan fingerprint density at radius 3 is 2.25 bits per heavy atom. The van der Waals surface area contributed by atoms with E-state index in [9.17, 15) is 14.4 Å². The molecular formula is C18H20N2O4. The number of carbonyl (C=O) groups is 3. The van der Waals surface area contributed by atoms with Crippen LogP contribution in [0.25, 0.3) is 0 Å². The van der Waals surface area contributed by atoms with Gasteiger partial charge >= 0.3 is 5.97 Å². The van der Waals surface area contributed by atoms with Crippen LogP contribution in [0, 0.1) is 23.7 Å². The molecule has 0 unspecified atom stereocenters.